The third-order valence-corrected chi connectivity index (χ3v) is 3.11. The van der Waals surface area contributed by atoms with Crippen LogP contribution in [0.5, 0.6) is 0 Å². The van der Waals surface area contributed by atoms with Gasteiger partial charge in [0.1, 0.15) is 11.6 Å². The van der Waals surface area contributed by atoms with Crippen LogP contribution in [0.2, 0.25) is 0 Å². The molecular weight excluding hydrogens is 206 g/mol. The summed E-state index contributed by atoms with van der Waals surface area (Å²) in [4.78, 5) is 32.3. The molecular formula is C11H13N3O2. The lowest BCUT2D eigenvalue weighted by Gasteiger charge is -2.27. The molecule has 0 unspecified atom stereocenters. The molecule has 1 aliphatic heterocycles. The maximum absolute atomic E-state index is 11.8. The first-order valence-electron chi connectivity index (χ1n) is 5.58. The molecule has 84 valence electrons. The van der Waals surface area contributed by atoms with Gasteiger partial charge in [-0.2, -0.15) is 0 Å². The van der Waals surface area contributed by atoms with E-state index in [1.807, 2.05) is 0 Å². The van der Waals surface area contributed by atoms with E-state index in [0.717, 1.165) is 12.8 Å². The fraction of sp³-hybridized carbons (Fsp3) is 0.545. The van der Waals surface area contributed by atoms with E-state index in [1.54, 1.807) is 11.8 Å². The second kappa shape index (κ2) is 3.17. The molecule has 1 aliphatic carbocycles. The predicted molar refractivity (Wildman–Crippen MR) is 58.4 cm³/mol. The van der Waals surface area contributed by atoms with Crippen LogP contribution in [0.3, 0.4) is 0 Å². The number of hydrogen-bond acceptors (Lipinski definition) is 3. The average molecular weight is 219 g/mol. The quantitative estimate of drug-likeness (QED) is 0.748. The van der Waals surface area contributed by atoms with Crippen molar-refractivity contribution in [3.8, 4) is 0 Å². The van der Waals surface area contributed by atoms with Crippen molar-refractivity contribution in [3.05, 3.63) is 21.7 Å². The molecule has 3 rings (SSSR count). The van der Waals surface area contributed by atoms with Crippen LogP contribution in [0.1, 0.15) is 30.7 Å². The van der Waals surface area contributed by atoms with E-state index in [1.165, 1.54) is 0 Å². The minimum Gasteiger partial charge on any atom is -0.310 e. The topological polar surface area (TPSA) is 66.1 Å². The molecule has 0 atom stereocenters. The van der Waals surface area contributed by atoms with Gasteiger partial charge in [0, 0.05) is 12.5 Å². The van der Waals surface area contributed by atoms with E-state index >= 15 is 0 Å². The predicted octanol–water partition coefficient (Wildman–Crippen LogP) is 0.520. The Labute approximate surface area is 92.5 Å². The average Bonchev–Trinajstić information content (AvgIpc) is 3.00. The molecule has 1 aromatic rings. The Balaban J connectivity index is 2.18. The molecule has 0 radical (unpaired) electrons. The summed E-state index contributed by atoms with van der Waals surface area (Å²) in [6.45, 7) is 1.74. The molecule has 16 heavy (non-hydrogen) atoms. The summed E-state index contributed by atoms with van der Waals surface area (Å²) >= 11 is 0. The normalized spacial score (nSPS) is 19.8. The Morgan fingerprint density at radius 2 is 2.06 bits per heavy atom. The van der Waals surface area contributed by atoms with E-state index in [0.29, 0.717) is 30.0 Å². The van der Waals surface area contributed by atoms with Crippen LogP contribution in [0, 0.1) is 6.92 Å². The van der Waals surface area contributed by atoms with Gasteiger partial charge in [-0.25, -0.2) is 4.98 Å². The first kappa shape index (κ1) is 9.57. The minimum absolute atomic E-state index is 0.0966. The maximum Gasteiger partial charge on any atom is 0.256 e. The molecule has 0 saturated heterocycles. The molecule has 0 aromatic carbocycles. The first-order valence-corrected chi connectivity index (χ1v) is 5.58. The van der Waals surface area contributed by atoms with Crippen molar-refractivity contribution in [2.75, 3.05) is 4.90 Å². The van der Waals surface area contributed by atoms with Crippen molar-refractivity contribution in [2.45, 2.75) is 38.6 Å². The van der Waals surface area contributed by atoms with Gasteiger partial charge in [0.15, 0.2) is 0 Å². The lowest BCUT2D eigenvalue weighted by atomic mass is 10.1. The van der Waals surface area contributed by atoms with Gasteiger partial charge in [0.05, 0.1) is 5.56 Å². The van der Waals surface area contributed by atoms with Gasteiger partial charge in [-0.05, 0) is 26.2 Å². The molecule has 1 N–H and O–H groups in total. The third kappa shape index (κ3) is 1.35. The number of nitrogens with zero attached hydrogens (tertiary/aromatic N) is 2. The van der Waals surface area contributed by atoms with E-state index in [4.69, 9.17) is 0 Å². The first-order chi connectivity index (χ1) is 7.66. The number of aryl methyl sites for hydroxylation is 1. The van der Waals surface area contributed by atoms with Crippen molar-refractivity contribution in [3.63, 3.8) is 0 Å². The van der Waals surface area contributed by atoms with E-state index in [9.17, 15) is 9.59 Å². The molecule has 1 amide bonds. The fourth-order valence-electron chi connectivity index (χ4n) is 2.20. The molecule has 5 nitrogen and oxygen atoms in total. The zero-order valence-electron chi connectivity index (χ0n) is 9.12. The lowest BCUT2D eigenvalue weighted by Crippen LogP contribution is -2.40. The monoisotopic (exact) mass is 219 g/mol. The Hall–Kier alpha value is -1.65. The van der Waals surface area contributed by atoms with Crippen LogP contribution in [-0.2, 0) is 11.2 Å². The lowest BCUT2D eigenvalue weighted by molar-refractivity contribution is -0.119. The fourth-order valence-corrected chi connectivity index (χ4v) is 2.20. The highest BCUT2D eigenvalue weighted by molar-refractivity contribution is 5.96. The molecule has 1 saturated carbocycles. The number of hydrogen-bond donors (Lipinski definition) is 1. The van der Waals surface area contributed by atoms with Crippen molar-refractivity contribution < 1.29 is 4.79 Å². The van der Waals surface area contributed by atoms with Crippen LogP contribution in [0.4, 0.5) is 5.82 Å². The van der Waals surface area contributed by atoms with Gasteiger partial charge in [0.2, 0.25) is 5.91 Å². The summed E-state index contributed by atoms with van der Waals surface area (Å²) in [5.74, 6) is 1.27. The zero-order valence-corrected chi connectivity index (χ0v) is 9.12. The SMILES string of the molecule is Cc1nc2c(c(=O)[nH]1)CCC(=O)N2C1CC1. The van der Waals surface area contributed by atoms with E-state index < -0.39 is 0 Å². The van der Waals surface area contributed by atoms with E-state index in [-0.39, 0.29) is 17.5 Å². The summed E-state index contributed by atoms with van der Waals surface area (Å²) in [7, 11) is 0. The third-order valence-electron chi connectivity index (χ3n) is 3.11. The maximum atomic E-state index is 11.8. The highest BCUT2D eigenvalue weighted by Gasteiger charge is 2.38. The van der Waals surface area contributed by atoms with Crippen molar-refractivity contribution >= 4 is 11.7 Å². The summed E-state index contributed by atoms with van der Waals surface area (Å²) in [6.07, 6.45) is 2.99. The van der Waals surface area contributed by atoms with Crippen LogP contribution in [-0.4, -0.2) is 21.9 Å². The standard InChI is InChI=1S/C11H13N3O2/c1-6-12-10-8(11(16)13-6)4-5-9(15)14(10)7-2-3-7/h7H,2-5H2,1H3,(H,12,13,16). The highest BCUT2D eigenvalue weighted by atomic mass is 16.2. The number of carbonyl (C=O) groups excluding carboxylic acids is 1. The Kier molecular flexibility index (Phi) is 1.89. The van der Waals surface area contributed by atoms with Gasteiger partial charge in [-0.15, -0.1) is 0 Å². The van der Waals surface area contributed by atoms with Crippen LogP contribution in [0.15, 0.2) is 4.79 Å². The molecule has 0 spiro atoms. The number of carbonyl (C=O) groups is 1. The summed E-state index contributed by atoms with van der Waals surface area (Å²) in [6, 6.07) is 0.278. The molecule has 1 aromatic heterocycles. The summed E-state index contributed by atoms with van der Waals surface area (Å²) < 4.78 is 0. The second-order valence-electron chi connectivity index (χ2n) is 4.45. The number of nitrogens with one attached hydrogen (secondary N) is 1. The van der Waals surface area contributed by atoms with Gasteiger partial charge in [0.25, 0.3) is 5.56 Å². The van der Waals surface area contributed by atoms with Gasteiger partial charge < -0.3 is 4.98 Å². The number of H-pyrrole nitrogens is 1. The van der Waals surface area contributed by atoms with Gasteiger partial charge in [-0.1, -0.05) is 0 Å². The van der Waals surface area contributed by atoms with Crippen LogP contribution < -0.4 is 10.5 Å². The Morgan fingerprint density at radius 1 is 1.31 bits per heavy atom. The molecule has 0 bridgehead atoms. The van der Waals surface area contributed by atoms with Crippen molar-refractivity contribution in [1.82, 2.24) is 9.97 Å². The van der Waals surface area contributed by atoms with Gasteiger partial charge in [-0.3, -0.25) is 14.5 Å². The number of anilines is 1. The number of amides is 1. The van der Waals surface area contributed by atoms with Crippen molar-refractivity contribution in [1.29, 1.82) is 0 Å². The summed E-state index contributed by atoms with van der Waals surface area (Å²) in [5.41, 5.74) is 0.567. The van der Waals surface area contributed by atoms with Gasteiger partial charge >= 0.3 is 0 Å². The highest BCUT2D eigenvalue weighted by Crippen LogP contribution is 2.34. The zero-order chi connectivity index (χ0) is 11.3. The number of rotatable bonds is 1. The van der Waals surface area contributed by atoms with Crippen molar-refractivity contribution in [2.24, 2.45) is 0 Å². The molecule has 5 heteroatoms. The molecule has 2 heterocycles. The smallest absolute Gasteiger partial charge is 0.256 e. The number of fused-ring (bicyclic) bond motifs is 1. The number of aromatic amines is 1. The van der Waals surface area contributed by atoms with E-state index in [2.05, 4.69) is 9.97 Å². The second-order valence-corrected chi connectivity index (χ2v) is 4.45. The number of aromatic nitrogens is 2. The Bertz CT molecular complexity index is 516. The largest absolute Gasteiger partial charge is 0.310 e. The molecule has 1 fully saturated rings. The Morgan fingerprint density at radius 3 is 2.75 bits per heavy atom. The summed E-state index contributed by atoms with van der Waals surface area (Å²) in [5, 5.41) is 0. The van der Waals surface area contributed by atoms with Crippen LogP contribution in [0.25, 0.3) is 0 Å². The van der Waals surface area contributed by atoms with Crippen LogP contribution >= 0.6 is 0 Å². The molecule has 2 aliphatic rings. The minimum atomic E-state index is -0.0966.